The molecule has 2 saturated carbocycles. The van der Waals surface area contributed by atoms with Crippen LogP contribution in [-0.2, 0) is 12.8 Å². The van der Waals surface area contributed by atoms with Crippen molar-refractivity contribution >= 4 is 40.2 Å². The van der Waals surface area contributed by atoms with E-state index in [0.29, 0.717) is 0 Å². The van der Waals surface area contributed by atoms with Crippen molar-refractivity contribution in [3.63, 3.8) is 0 Å². The third-order valence-corrected chi connectivity index (χ3v) is 10.4. The van der Waals surface area contributed by atoms with E-state index in [4.69, 9.17) is 9.47 Å². The molecule has 216 valence electrons. The number of para-hydroxylation sites is 2. The second-order valence-electron chi connectivity index (χ2n) is 13.2. The molecule has 0 radical (unpaired) electrons. The van der Waals surface area contributed by atoms with Gasteiger partial charge in [0.05, 0.1) is 5.69 Å². The fourth-order valence-corrected chi connectivity index (χ4v) is 7.61. The van der Waals surface area contributed by atoms with Gasteiger partial charge >= 0.3 is 0 Å². The van der Waals surface area contributed by atoms with Crippen molar-refractivity contribution in [2.24, 2.45) is 11.8 Å². The van der Waals surface area contributed by atoms with Gasteiger partial charge in [0.1, 0.15) is 23.0 Å². The molecule has 3 nitrogen and oxygen atoms in total. The van der Waals surface area contributed by atoms with Crippen molar-refractivity contribution < 1.29 is 9.47 Å². The van der Waals surface area contributed by atoms with Gasteiger partial charge < -0.3 is 14.4 Å². The number of nitrogens with zero attached hydrogens (tertiary/aromatic N) is 1. The Balaban J connectivity index is 1.20. The summed E-state index contributed by atoms with van der Waals surface area (Å²) in [7, 11) is 0. The van der Waals surface area contributed by atoms with Crippen LogP contribution < -0.4 is 30.8 Å². The lowest BCUT2D eigenvalue weighted by Crippen LogP contribution is -2.57. The summed E-state index contributed by atoms with van der Waals surface area (Å²) in [5.41, 5.74) is 9.59. The summed E-state index contributed by atoms with van der Waals surface area (Å²) < 4.78 is 13.7. The molecule has 0 spiro atoms. The molecule has 4 heteroatoms. The lowest BCUT2D eigenvalue weighted by atomic mass is 9.34. The molecule has 0 saturated heterocycles. The van der Waals surface area contributed by atoms with Crippen molar-refractivity contribution in [2.75, 3.05) is 4.90 Å². The first-order valence-corrected chi connectivity index (χ1v) is 16.5. The van der Waals surface area contributed by atoms with E-state index in [-0.39, 0.29) is 6.71 Å². The molecular formula is C40H36BNO2. The van der Waals surface area contributed by atoms with E-state index in [1.165, 1.54) is 60.6 Å². The van der Waals surface area contributed by atoms with Crippen LogP contribution in [-0.4, -0.2) is 6.71 Å². The Kier molecular flexibility index (Phi) is 6.28. The molecule has 0 aromatic heterocycles. The van der Waals surface area contributed by atoms with Gasteiger partial charge in [-0.05, 0) is 83.1 Å². The second kappa shape index (κ2) is 10.6. The van der Waals surface area contributed by atoms with Crippen LogP contribution in [0.25, 0.3) is 0 Å². The predicted octanol–water partition coefficient (Wildman–Crippen LogP) is 8.57. The summed E-state index contributed by atoms with van der Waals surface area (Å²) in [6.07, 6.45) is 10.4. The summed E-state index contributed by atoms with van der Waals surface area (Å²) in [6.45, 7) is 0.0824. The number of rotatable bonds is 7. The van der Waals surface area contributed by atoms with Crippen LogP contribution in [0, 0.1) is 11.8 Å². The fraction of sp³-hybridized carbons (Fsp3) is 0.250. The van der Waals surface area contributed by atoms with Crippen LogP contribution in [0.5, 0.6) is 23.0 Å². The molecule has 0 amide bonds. The van der Waals surface area contributed by atoms with Gasteiger partial charge in [-0.2, -0.15) is 0 Å². The zero-order chi connectivity index (χ0) is 29.0. The van der Waals surface area contributed by atoms with E-state index >= 15 is 0 Å². The Morgan fingerprint density at radius 2 is 1.00 bits per heavy atom. The lowest BCUT2D eigenvalue weighted by Gasteiger charge is -2.35. The average molecular weight is 574 g/mol. The Hall–Kier alpha value is -4.44. The van der Waals surface area contributed by atoms with Crippen LogP contribution in [0.3, 0.4) is 0 Å². The highest BCUT2D eigenvalue weighted by Crippen LogP contribution is 2.43. The van der Waals surface area contributed by atoms with E-state index in [1.807, 2.05) is 0 Å². The maximum absolute atomic E-state index is 6.87. The number of hydrogen-bond donors (Lipinski definition) is 0. The van der Waals surface area contributed by atoms with Gasteiger partial charge in [0.2, 0.25) is 0 Å². The Morgan fingerprint density at radius 1 is 0.523 bits per heavy atom. The van der Waals surface area contributed by atoms with Gasteiger partial charge in [-0.15, -0.1) is 0 Å². The highest BCUT2D eigenvalue weighted by atomic mass is 16.5. The summed E-state index contributed by atoms with van der Waals surface area (Å²) in [6, 6.07) is 39.5. The van der Waals surface area contributed by atoms with Crippen molar-refractivity contribution in [3.8, 4) is 23.0 Å². The molecule has 2 heterocycles. The molecule has 4 aliphatic rings. The number of fused-ring (bicyclic) bond motifs is 4. The first-order chi connectivity index (χ1) is 21.8. The van der Waals surface area contributed by atoms with E-state index in [0.717, 1.165) is 70.2 Å². The predicted molar refractivity (Wildman–Crippen MR) is 181 cm³/mol. The number of hydrogen-bond acceptors (Lipinski definition) is 3. The SMILES string of the molecule is c1ccc(N(c2ccccc2)c2cc3c4c(c2)Oc2cc(CC5CCC5)ccc2B4c2ccc(CC4CCC4)cc2O3)cc1. The zero-order valence-electron chi connectivity index (χ0n) is 25.0. The van der Waals surface area contributed by atoms with Crippen molar-refractivity contribution in [3.05, 3.63) is 120 Å². The molecule has 5 aromatic carbocycles. The summed E-state index contributed by atoms with van der Waals surface area (Å²) >= 11 is 0. The van der Waals surface area contributed by atoms with Crippen LogP contribution in [0.2, 0.25) is 0 Å². The van der Waals surface area contributed by atoms with E-state index in [2.05, 4.69) is 114 Å². The monoisotopic (exact) mass is 573 g/mol. The molecule has 0 N–H and O–H groups in total. The van der Waals surface area contributed by atoms with E-state index in [1.54, 1.807) is 0 Å². The Bertz CT molecular complexity index is 1720. The van der Waals surface area contributed by atoms with E-state index in [9.17, 15) is 0 Å². The average Bonchev–Trinajstić information content (AvgIpc) is 3.01. The summed E-state index contributed by atoms with van der Waals surface area (Å²) in [5.74, 6) is 5.36. The lowest BCUT2D eigenvalue weighted by molar-refractivity contribution is 0.314. The standard InChI is InChI=1S/C40H36BNO2/c1-3-13-31(14-4-1)42(32-15-5-2-6-16-32)33-25-38-40-39(26-33)44-37-24-30(22-28-11-8-12-28)18-20-35(37)41(40)34-19-17-29(23-36(34)43-38)21-27-9-7-10-27/h1-6,13-20,23-28H,7-12,21-22H2. The second-order valence-corrected chi connectivity index (χ2v) is 13.2. The molecule has 0 bridgehead atoms. The number of benzene rings is 5. The molecule has 9 rings (SSSR count). The minimum atomic E-state index is 0.0824. The molecule has 44 heavy (non-hydrogen) atoms. The third kappa shape index (κ3) is 4.51. The third-order valence-electron chi connectivity index (χ3n) is 10.4. The Morgan fingerprint density at radius 3 is 1.43 bits per heavy atom. The molecule has 0 unspecified atom stereocenters. The van der Waals surface area contributed by atoms with Crippen LogP contribution in [0.4, 0.5) is 17.1 Å². The maximum atomic E-state index is 6.87. The van der Waals surface area contributed by atoms with E-state index < -0.39 is 0 Å². The maximum Gasteiger partial charge on any atom is 0.260 e. The first kappa shape index (κ1) is 26.0. The Labute approximate surface area is 260 Å². The summed E-state index contributed by atoms with van der Waals surface area (Å²) in [4.78, 5) is 2.30. The van der Waals surface area contributed by atoms with Gasteiger partial charge in [0, 0.05) is 29.0 Å². The van der Waals surface area contributed by atoms with Crippen molar-refractivity contribution in [1.82, 2.24) is 0 Å². The normalized spacial score (nSPS) is 16.4. The first-order valence-electron chi connectivity index (χ1n) is 16.5. The molecule has 2 aliphatic heterocycles. The minimum absolute atomic E-state index is 0.0824. The largest absolute Gasteiger partial charge is 0.458 e. The number of anilines is 3. The van der Waals surface area contributed by atoms with Crippen molar-refractivity contribution in [2.45, 2.75) is 51.4 Å². The fourth-order valence-electron chi connectivity index (χ4n) is 7.61. The smallest absolute Gasteiger partial charge is 0.260 e. The van der Waals surface area contributed by atoms with Gasteiger partial charge in [-0.1, -0.05) is 99.2 Å². The van der Waals surface area contributed by atoms with Crippen LogP contribution in [0.1, 0.15) is 49.7 Å². The van der Waals surface area contributed by atoms with Gasteiger partial charge in [0.25, 0.3) is 6.71 Å². The van der Waals surface area contributed by atoms with Crippen LogP contribution in [0.15, 0.2) is 109 Å². The van der Waals surface area contributed by atoms with Gasteiger partial charge in [-0.3, -0.25) is 0 Å². The topological polar surface area (TPSA) is 21.7 Å². The highest BCUT2D eigenvalue weighted by Gasteiger charge is 2.41. The molecular weight excluding hydrogens is 537 g/mol. The van der Waals surface area contributed by atoms with Gasteiger partial charge in [0.15, 0.2) is 0 Å². The molecule has 0 atom stereocenters. The molecule has 2 fully saturated rings. The minimum Gasteiger partial charge on any atom is -0.458 e. The highest BCUT2D eigenvalue weighted by molar-refractivity contribution is 6.98. The molecule has 5 aromatic rings. The van der Waals surface area contributed by atoms with Crippen molar-refractivity contribution in [1.29, 1.82) is 0 Å². The zero-order valence-corrected chi connectivity index (χ0v) is 25.0. The quantitative estimate of drug-likeness (QED) is 0.178. The van der Waals surface area contributed by atoms with Gasteiger partial charge in [-0.25, -0.2) is 0 Å². The molecule has 2 aliphatic carbocycles. The van der Waals surface area contributed by atoms with Crippen LogP contribution >= 0.6 is 0 Å². The number of ether oxygens (including phenoxy) is 2. The summed E-state index contributed by atoms with van der Waals surface area (Å²) in [5, 5.41) is 0.